The first-order valence-corrected chi connectivity index (χ1v) is 7.84. The zero-order valence-electron chi connectivity index (χ0n) is 13.6. The molecule has 0 radical (unpaired) electrons. The molecule has 2 rings (SSSR count). The second kappa shape index (κ2) is 8.03. The van der Waals surface area contributed by atoms with Crippen LogP contribution in [0.1, 0.15) is 31.8 Å². The van der Waals surface area contributed by atoms with Gasteiger partial charge in [-0.15, -0.1) is 6.58 Å². The van der Waals surface area contributed by atoms with Crippen LogP contribution in [0.25, 0.3) is 0 Å². The molecule has 1 fully saturated rings. The lowest BCUT2D eigenvalue weighted by atomic mass is 9.98. The smallest absolute Gasteiger partial charge is 0.424 e. The van der Waals surface area contributed by atoms with E-state index in [0.29, 0.717) is 6.42 Å². The van der Waals surface area contributed by atoms with Gasteiger partial charge in [0, 0.05) is 5.92 Å². The Morgan fingerprint density at radius 1 is 1.32 bits per heavy atom. The van der Waals surface area contributed by atoms with Gasteiger partial charge in [0.1, 0.15) is 5.75 Å². The Morgan fingerprint density at radius 2 is 2.00 bits per heavy atom. The van der Waals surface area contributed by atoms with Crippen molar-refractivity contribution in [2.45, 2.75) is 38.4 Å². The average Bonchev–Trinajstić information content (AvgIpc) is 2.57. The Balaban J connectivity index is 2.21. The summed E-state index contributed by atoms with van der Waals surface area (Å²) in [6, 6.07) is 1.82. The second-order valence-electron chi connectivity index (χ2n) is 5.58. The number of benzene rings is 1. The van der Waals surface area contributed by atoms with E-state index < -0.39 is 41.5 Å². The Labute approximate surface area is 142 Å². The van der Waals surface area contributed by atoms with Gasteiger partial charge in [0.15, 0.2) is 17.7 Å². The molecule has 0 saturated carbocycles. The van der Waals surface area contributed by atoms with Gasteiger partial charge < -0.3 is 14.2 Å². The van der Waals surface area contributed by atoms with Crippen LogP contribution in [-0.2, 0) is 4.74 Å². The maximum atomic E-state index is 14.2. The van der Waals surface area contributed by atoms with Gasteiger partial charge in [-0.2, -0.15) is 8.78 Å². The van der Waals surface area contributed by atoms with E-state index in [1.165, 1.54) is 6.92 Å². The Bertz CT molecular complexity index is 598. The number of hydrogen-bond acceptors (Lipinski definition) is 3. The van der Waals surface area contributed by atoms with Crippen LogP contribution < -0.4 is 9.47 Å². The van der Waals surface area contributed by atoms with Crippen molar-refractivity contribution in [1.29, 1.82) is 0 Å². The molecule has 2 atom stereocenters. The maximum Gasteiger partial charge on any atom is 0.424 e. The molecule has 0 aromatic heterocycles. The van der Waals surface area contributed by atoms with Gasteiger partial charge in [0.05, 0.1) is 18.8 Å². The fraction of sp³-hybridized carbons (Fsp3) is 0.529. The van der Waals surface area contributed by atoms with E-state index in [-0.39, 0.29) is 25.6 Å². The predicted octanol–water partition coefficient (Wildman–Crippen LogP) is 5.11. The third kappa shape index (κ3) is 4.42. The summed E-state index contributed by atoms with van der Waals surface area (Å²) in [6.07, 6.45) is -6.69. The summed E-state index contributed by atoms with van der Waals surface area (Å²) < 4.78 is 83.2. The molecule has 8 heteroatoms. The van der Waals surface area contributed by atoms with Crippen LogP contribution in [0.15, 0.2) is 24.8 Å². The molecular formula is C17H19F5O3. The molecule has 1 heterocycles. The average molecular weight is 366 g/mol. The summed E-state index contributed by atoms with van der Waals surface area (Å²) in [7, 11) is 0. The Hall–Kier alpha value is -1.83. The summed E-state index contributed by atoms with van der Waals surface area (Å²) in [5.74, 6) is -2.99. The minimum absolute atomic E-state index is 0.0237. The first-order valence-electron chi connectivity index (χ1n) is 7.84. The molecule has 0 aliphatic carbocycles. The molecule has 0 bridgehead atoms. The van der Waals surface area contributed by atoms with Gasteiger partial charge in [-0.25, -0.2) is 13.2 Å². The van der Waals surface area contributed by atoms with Crippen molar-refractivity contribution in [2.75, 3.05) is 13.2 Å². The molecule has 140 valence electrons. The number of halogens is 5. The normalized spacial score (nSPS) is 21.2. The lowest BCUT2D eigenvalue weighted by Crippen LogP contribution is -2.44. The van der Waals surface area contributed by atoms with Gasteiger partial charge >= 0.3 is 6.11 Å². The highest BCUT2D eigenvalue weighted by Gasteiger charge is 2.46. The van der Waals surface area contributed by atoms with Gasteiger partial charge in [-0.05, 0) is 31.9 Å². The fourth-order valence-corrected chi connectivity index (χ4v) is 2.55. The minimum atomic E-state index is -3.86. The SMILES string of the molecule is C=CC1CCC(C(F)(F)Oc2ccc(OCC)c(C(F)F)c2F)OC1. The zero-order valence-corrected chi connectivity index (χ0v) is 13.6. The van der Waals surface area contributed by atoms with E-state index in [0.717, 1.165) is 12.1 Å². The first kappa shape index (κ1) is 19.5. The van der Waals surface area contributed by atoms with Crippen molar-refractivity contribution in [1.82, 2.24) is 0 Å². The van der Waals surface area contributed by atoms with Crippen molar-refractivity contribution in [3.05, 3.63) is 36.2 Å². The van der Waals surface area contributed by atoms with E-state index in [1.54, 1.807) is 6.08 Å². The van der Waals surface area contributed by atoms with Crippen molar-refractivity contribution in [2.24, 2.45) is 5.92 Å². The van der Waals surface area contributed by atoms with E-state index in [1.807, 2.05) is 0 Å². The lowest BCUT2D eigenvalue weighted by Gasteiger charge is -2.32. The second-order valence-corrected chi connectivity index (χ2v) is 5.58. The van der Waals surface area contributed by atoms with E-state index in [4.69, 9.17) is 9.47 Å². The largest absolute Gasteiger partial charge is 0.493 e. The maximum absolute atomic E-state index is 14.2. The Kier molecular flexibility index (Phi) is 6.26. The molecule has 0 spiro atoms. The summed E-state index contributed by atoms with van der Waals surface area (Å²) in [4.78, 5) is 0. The highest BCUT2D eigenvalue weighted by Crippen LogP contribution is 2.39. The van der Waals surface area contributed by atoms with E-state index in [9.17, 15) is 22.0 Å². The van der Waals surface area contributed by atoms with Gasteiger partial charge in [0.2, 0.25) is 0 Å². The summed E-state index contributed by atoms with van der Waals surface area (Å²) >= 11 is 0. The van der Waals surface area contributed by atoms with Crippen LogP contribution >= 0.6 is 0 Å². The molecular weight excluding hydrogens is 347 g/mol. The van der Waals surface area contributed by atoms with Crippen LogP contribution in [-0.4, -0.2) is 25.4 Å². The van der Waals surface area contributed by atoms with Gasteiger partial charge in [0.25, 0.3) is 6.43 Å². The first-order chi connectivity index (χ1) is 11.8. The number of alkyl halides is 4. The molecule has 2 unspecified atom stereocenters. The molecule has 1 aliphatic heterocycles. The quantitative estimate of drug-likeness (QED) is 0.495. The van der Waals surface area contributed by atoms with Crippen LogP contribution in [0, 0.1) is 11.7 Å². The third-order valence-corrected chi connectivity index (χ3v) is 3.89. The molecule has 1 saturated heterocycles. The lowest BCUT2D eigenvalue weighted by molar-refractivity contribution is -0.264. The molecule has 1 aromatic rings. The molecule has 1 aliphatic rings. The summed E-state index contributed by atoms with van der Waals surface area (Å²) in [6.45, 7) is 5.17. The zero-order chi connectivity index (χ0) is 18.6. The van der Waals surface area contributed by atoms with E-state index in [2.05, 4.69) is 11.3 Å². The van der Waals surface area contributed by atoms with Gasteiger partial charge in [-0.1, -0.05) is 6.08 Å². The van der Waals surface area contributed by atoms with E-state index >= 15 is 0 Å². The van der Waals surface area contributed by atoms with Crippen LogP contribution in [0.4, 0.5) is 22.0 Å². The standard InChI is InChI=1S/C17H19F5O3/c1-3-10-5-8-13(24-9-10)17(21,22)25-12-7-6-11(23-4-2)14(15(12)18)16(19)20/h3,6-7,10,13,16H,1,4-5,8-9H2,2H3. The number of rotatable bonds is 7. The van der Waals surface area contributed by atoms with Crippen molar-refractivity contribution in [3.63, 3.8) is 0 Å². The van der Waals surface area contributed by atoms with Crippen molar-refractivity contribution < 1.29 is 36.2 Å². The van der Waals surface area contributed by atoms with Crippen LogP contribution in [0.3, 0.4) is 0 Å². The number of ether oxygens (including phenoxy) is 3. The predicted molar refractivity (Wildman–Crippen MR) is 80.8 cm³/mol. The van der Waals surface area contributed by atoms with Crippen LogP contribution in [0.2, 0.25) is 0 Å². The minimum Gasteiger partial charge on any atom is -0.493 e. The molecule has 3 nitrogen and oxygen atoms in total. The van der Waals surface area contributed by atoms with Crippen LogP contribution in [0.5, 0.6) is 11.5 Å². The Morgan fingerprint density at radius 3 is 2.52 bits per heavy atom. The highest BCUT2D eigenvalue weighted by molar-refractivity contribution is 5.43. The fourth-order valence-electron chi connectivity index (χ4n) is 2.55. The van der Waals surface area contributed by atoms with Crippen molar-refractivity contribution in [3.8, 4) is 11.5 Å². The number of hydrogen-bond donors (Lipinski definition) is 0. The molecule has 0 amide bonds. The third-order valence-electron chi connectivity index (χ3n) is 3.89. The highest BCUT2D eigenvalue weighted by atomic mass is 19.3. The molecule has 1 aromatic carbocycles. The van der Waals surface area contributed by atoms with Gasteiger partial charge in [-0.3, -0.25) is 0 Å². The summed E-state index contributed by atoms with van der Waals surface area (Å²) in [5.41, 5.74) is -1.11. The summed E-state index contributed by atoms with van der Waals surface area (Å²) in [5, 5.41) is 0. The molecule has 25 heavy (non-hydrogen) atoms. The molecule has 0 N–H and O–H groups in total. The monoisotopic (exact) mass is 366 g/mol. The van der Waals surface area contributed by atoms with Crippen molar-refractivity contribution >= 4 is 0 Å². The topological polar surface area (TPSA) is 27.7 Å².